The van der Waals surface area contributed by atoms with E-state index in [-0.39, 0.29) is 11.8 Å². The lowest BCUT2D eigenvalue weighted by Crippen LogP contribution is -2.56. The van der Waals surface area contributed by atoms with Gasteiger partial charge in [-0.2, -0.15) is 0 Å². The van der Waals surface area contributed by atoms with E-state index in [0.717, 1.165) is 0 Å². The first-order chi connectivity index (χ1) is 12.9. The number of rotatable bonds is 4. The molecule has 144 valence electrons. The smallest absolute Gasteiger partial charge is 0.358 e. The molecule has 1 saturated heterocycles. The van der Waals surface area contributed by atoms with Crippen molar-refractivity contribution in [1.29, 1.82) is 0 Å². The highest BCUT2D eigenvalue weighted by molar-refractivity contribution is 7.79. The first-order valence-corrected chi connectivity index (χ1v) is 9.13. The van der Waals surface area contributed by atoms with Gasteiger partial charge in [-0.15, -0.1) is 0 Å². The fourth-order valence-corrected chi connectivity index (χ4v) is 2.83. The number of aliphatic hydroxyl groups excluding tert-OH is 2. The van der Waals surface area contributed by atoms with Gasteiger partial charge >= 0.3 is 5.24 Å². The van der Waals surface area contributed by atoms with E-state index in [0.29, 0.717) is 21.5 Å². The minimum Gasteiger partial charge on any atom is -0.461 e. The van der Waals surface area contributed by atoms with Crippen LogP contribution >= 0.6 is 35.4 Å². The molecule has 3 rings (SSSR count). The van der Waals surface area contributed by atoms with Gasteiger partial charge in [0.2, 0.25) is 6.29 Å². The van der Waals surface area contributed by atoms with Crippen LogP contribution in [0.2, 0.25) is 10.0 Å². The van der Waals surface area contributed by atoms with E-state index in [2.05, 4.69) is 0 Å². The number of aliphatic hydroxyl groups is 2. The molecule has 6 nitrogen and oxygen atoms in total. The Balaban J connectivity index is 1.68. The summed E-state index contributed by atoms with van der Waals surface area (Å²) in [6.07, 6.45) is -4.57. The van der Waals surface area contributed by atoms with E-state index < -0.39 is 24.6 Å². The summed E-state index contributed by atoms with van der Waals surface area (Å²) in [6.45, 7) is -0.121. The second-order valence-electron chi connectivity index (χ2n) is 5.72. The van der Waals surface area contributed by atoms with Gasteiger partial charge in [0.15, 0.2) is 6.10 Å². The zero-order valence-corrected chi connectivity index (χ0v) is 16.2. The number of thiocarbonyl (C=S) groups is 1. The lowest BCUT2D eigenvalue weighted by molar-refractivity contribution is -0.239. The molecule has 9 heteroatoms. The van der Waals surface area contributed by atoms with Crippen LogP contribution in [-0.2, 0) is 9.47 Å². The maximum absolute atomic E-state index is 10.3. The van der Waals surface area contributed by atoms with Crippen molar-refractivity contribution >= 4 is 40.7 Å². The fraction of sp³-hybridized carbons (Fsp3) is 0.278. The van der Waals surface area contributed by atoms with E-state index in [1.54, 1.807) is 48.5 Å². The molecule has 0 aromatic heterocycles. The first kappa shape index (κ1) is 20.1. The zero-order valence-electron chi connectivity index (χ0n) is 13.8. The summed E-state index contributed by atoms with van der Waals surface area (Å²) in [5.41, 5.74) is 0. The molecule has 0 spiro atoms. The van der Waals surface area contributed by atoms with Crippen LogP contribution in [0.25, 0.3) is 0 Å². The molecular formula is C18H16Cl2O6S. The number of ether oxygens (including phenoxy) is 4. The van der Waals surface area contributed by atoms with Crippen LogP contribution < -0.4 is 9.47 Å². The molecule has 1 aliphatic heterocycles. The average Bonchev–Trinajstić information content (AvgIpc) is 2.65. The molecule has 4 atom stereocenters. The Bertz CT molecular complexity index is 770. The van der Waals surface area contributed by atoms with Gasteiger partial charge in [-0.1, -0.05) is 23.2 Å². The van der Waals surface area contributed by atoms with Gasteiger partial charge in [0, 0.05) is 22.3 Å². The number of benzene rings is 2. The van der Waals surface area contributed by atoms with E-state index in [9.17, 15) is 10.2 Å². The summed E-state index contributed by atoms with van der Waals surface area (Å²) in [4.78, 5) is 0. The maximum atomic E-state index is 10.3. The number of hydrogen-bond donors (Lipinski definition) is 2. The number of halogens is 2. The molecule has 0 unspecified atom stereocenters. The van der Waals surface area contributed by atoms with Crippen molar-refractivity contribution in [3.05, 3.63) is 58.6 Å². The van der Waals surface area contributed by atoms with Gasteiger partial charge in [-0.25, -0.2) is 0 Å². The molecule has 0 radical (unpaired) electrons. The van der Waals surface area contributed by atoms with Crippen molar-refractivity contribution in [2.75, 3.05) is 6.61 Å². The normalized spacial score (nSPS) is 24.9. The topological polar surface area (TPSA) is 77.4 Å². The minimum absolute atomic E-state index is 0.121. The summed E-state index contributed by atoms with van der Waals surface area (Å²) in [5.74, 6) is 0.859. The molecule has 1 aliphatic rings. The molecule has 0 bridgehead atoms. The summed E-state index contributed by atoms with van der Waals surface area (Å²) < 4.78 is 22.1. The third-order valence-electron chi connectivity index (χ3n) is 3.74. The van der Waals surface area contributed by atoms with Crippen LogP contribution in [0.15, 0.2) is 48.5 Å². The summed E-state index contributed by atoms with van der Waals surface area (Å²) in [6, 6.07) is 13.1. The first-order valence-electron chi connectivity index (χ1n) is 7.96. The molecule has 0 amide bonds. The molecule has 2 N–H and O–H groups in total. The van der Waals surface area contributed by atoms with E-state index in [1.807, 2.05) is 0 Å². The van der Waals surface area contributed by atoms with Crippen LogP contribution in [0, 0.1) is 0 Å². The van der Waals surface area contributed by atoms with Crippen LogP contribution in [0.3, 0.4) is 0 Å². The fourth-order valence-electron chi connectivity index (χ4n) is 2.37. The third kappa shape index (κ3) is 5.44. The maximum Gasteiger partial charge on any atom is 0.358 e. The van der Waals surface area contributed by atoms with E-state index >= 15 is 0 Å². The van der Waals surface area contributed by atoms with E-state index in [4.69, 9.17) is 54.4 Å². The SMILES string of the molecule is O[C@@H]1[C@@H](OC(=S)Oc2ccc(Cl)cc2)[C@@H](Oc2ccc(Cl)cc2)OC[C@H]1O. The molecule has 27 heavy (non-hydrogen) atoms. The largest absolute Gasteiger partial charge is 0.461 e. The van der Waals surface area contributed by atoms with Gasteiger partial charge in [0.05, 0.1) is 6.61 Å². The second-order valence-corrected chi connectivity index (χ2v) is 6.93. The van der Waals surface area contributed by atoms with Gasteiger partial charge in [0.1, 0.15) is 23.7 Å². The average molecular weight is 431 g/mol. The van der Waals surface area contributed by atoms with Crippen LogP contribution in [0.5, 0.6) is 11.5 Å². The summed E-state index contributed by atoms with van der Waals surface area (Å²) in [7, 11) is 0. The third-order valence-corrected chi connectivity index (χ3v) is 4.43. The predicted molar refractivity (Wildman–Crippen MR) is 103 cm³/mol. The van der Waals surface area contributed by atoms with Crippen LogP contribution in [-0.4, -0.2) is 46.7 Å². The van der Waals surface area contributed by atoms with Crippen molar-refractivity contribution in [2.24, 2.45) is 0 Å². The van der Waals surface area contributed by atoms with E-state index in [1.165, 1.54) is 0 Å². The molecular weight excluding hydrogens is 415 g/mol. The molecule has 1 fully saturated rings. The van der Waals surface area contributed by atoms with Crippen molar-refractivity contribution < 1.29 is 29.2 Å². The van der Waals surface area contributed by atoms with Crippen molar-refractivity contribution in [3.63, 3.8) is 0 Å². The Hall–Kier alpha value is -1.61. The van der Waals surface area contributed by atoms with Crippen LogP contribution in [0.1, 0.15) is 0 Å². The monoisotopic (exact) mass is 430 g/mol. The van der Waals surface area contributed by atoms with Gasteiger partial charge in [0.25, 0.3) is 0 Å². The molecule has 0 aliphatic carbocycles. The summed E-state index contributed by atoms with van der Waals surface area (Å²) in [5, 5.41) is 21.0. The highest BCUT2D eigenvalue weighted by Gasteiger charge is 2.43. The number of hydrogen-bond acceptors (Lipinski definition) is 7. The summed E-state index contributed by atoms with van der Waals surface area (Å²) >= 11 is 16.8. The molecule has 1 heterocycles. The lowest BCUT2D eigenvalue weighted by Gasteiger charge is -2.37. The Labute approximate surface area is 171 Å². The predicted octanol–water partition coefficient (Wildman–Crippen LogP) is 3.20. The van der Waals surface area contributed by atoms with Gasteiger partial charge < -0.3 is 29.2 Å². The Morgan fingerprint density at radius 2 is 1.52 bits per heavy atom. The van der Waals surface area contributed by atoms with Crippen LogP contribution in [0.4, 0.5) is 0 Å². The van der Waals surface area contributed by atoms with Crippen molar-refractivity contribution in [1.82, 2.24) is 0 Å². The molecule has 0 saturated carbocycles. The second kappa shape index (κ2) is 9.05. The minimum atomic E-state index is -1.29. The lowest BCUT2D eigenvalue weighted by atomic mass is 10.1. The zero-order chi connectivity index (χ0) is 19.4. The highest BCUT2D eigenvalue weighted by atomic mass is 35.5. The van der Waals surface area contributed by atoms with Crippen molar-refractivity contribution in [2.45, 2.75) is 24.6 Å². The molecule has 2 aromatic carbocycles. The van der Waals surface area contributed by atoms with Crippen molar-refractivity contribution in [3.8, 4) is 11.5 Å². The standard InChI is InChI=1S/C18H16Cl2O6S/c19-10-1-5-12(6-2-10)24-17-16(15(22)14(21)9-23-17)26-18(27)25-13-7-3-11(20)4-8-13/h1-8,14-17,21-22H,9H2/t14-,15+,16-,17-/m1/s1. The van der Waals surface area contributed by atoms with Gasteiger partial charge in [-0.05, 0) is 48.5 Å². The molecule has 2 aromatic rings. The Kier molecular flexibility index (Phi) is 6.75. The highest BCUT2D eigenvalue weighted by Crippen LogP contribution is 2.25. The van der Waals surface area contributed by atoms with Gasteiger partial charge in [-0.3, -0.25) is 0 Å². The Morgan fingerprint density at radius 1 is 0.963 bits per heavy atom. The quantitative estimate of drug-likeness (QED) is 0.720. The Morgan fingerprint density at radius 3 is 2.11 bits per heavy atom.